The maximum atomic E-state index is 5.77. The first kappa shape index (κ1) is 15.4. The lowest BCUT2D eigenvalue weighted by Crippen LogP contribution is -2.42. The molecule has 2 atom stereocenters. The zero-order valence-corrected chi connectivity index (χ0v) is 12.7. The molecule has 2 heterocycles. The minimum absolute atomic E-state index is 0.0938. The number of rotatable bonds is 6. The highest BCUT2D eigenvalue weighted by molar-refractivity contribution is 4.99. The molecular formula is C14H26N4O2. The van der Waals surface area contributed by atoms with Crippen LogP contribution in [-0.2, 0) is 4.74 Å². The Labute approximate surface area is 120 Å². The SMILES string of the molecule is CCCC(CN)c1nc(C2CN(C(C)C)CCO2)no1. The van der Waals surface area contributed by atoms with Gasteiger partial charge in [-0.15, -0.1) is 0 Å². The summed E-state index contributed by atoms with van der Waals surface area (Å²) in [6, 6.07) is 0.504. The van der Waals surface area contributed by atoms with Crippen molar-refractivity contribution < 1.29 is 9.26 Å². The van der Waals surface area contributed by atoms with Gasteiger partial charge in [0.1, 0.15) is 6.10 Å². The summed E-state index contributed by atoms with van der Waals surface area (Å²) >= 11 is 0. The van der Waals surface area contributed by atoms with E-state index >= 15 is 0 Å². The predicted molar refractivity (Wildman–Crippen MR) is 76.4 cm³/mol. The van der Waals surface area contributed by atoms with Crippen molar-refractivity contribution in [1.82, 2.24) is 15.0 Å². The molecule has 2 unspecified atom stereocenters. The zero-order valence-electron chi connectivity index (χ0n) is 12.7. The molecule has 0 radical (unpaired) electrons. The Bertz CT molecular complexity index is 408. The lowest BCUT2D eigenvalue weighted by molar-refractivity contribution is -0.0450. The van der Waals surface area contributed by atoms with Gasteiger partial charge < -0.3 is 15.0 Å². The van der Waals surface area contributed by atoms with Crippen molar-refractivity contribution in [3.63, 3.8) is 0 Å². The Balaban J connectivity index is 2.04. The number of nitrogens with zero attached hydrogens (tertiary/aromatic N) is 3. The van der Waals surface area contributed by atoms with E-state index in [9.17, 15) is 0 Å². The molecule has 0 spiro atoms. The Hall–Kier alpha value is -0.980. The van der Waals surface area contributed by atoms with Crippen molar-refractivity contribution in [3.05, 3.63) is 11.7 Å². The van der Waals surface area contributed by atoms with Crippen LogP contribution in [-0.4, -0.2) is 47.3 Å². The lowest BCUT2D eigenvalue weighted by Gasteiger charge is -2.34. The van der Waals surface area contributed by atoms with Gasteiger partial charge in [0, 0.05) is 25.7 Å². The Morgan fingerprint density at radius 1 is 1.45 bits per heavy atom. The van der Waals surface area contributed by atoms with Gasteiger partial charge in [-0.3, -0.25) is 4.90 Å². The maximum absolute atomic E-state index is 5.77. The molecule has 1 aliphatic rings. The molecule has 0 saturated carbocycles. The Kier molecular flexibility index (Phi) is 5.51. The van der Waals surface area contributed by atoms with E-state index < -0.39 is 0 Å². The number of hydrogen-bond donors (Lipinski definition) is 1. The molecule has 1 aliphatic heterocycles. The van der Waals surface area contributed by atoms with E-state index in [2.05, 4.69) is 35.8 Å². The second kappa shape index (κ2) is 7.15. The number of hydrogen-bond acceptors (Lipinski definition) is 6. The summed E-state index contributed by atoms with van der Waals surface area (Å²) < 4.78 is 11.2. The summed E-state index contributed by atoms with van der Waals surface area (Å²) in [5.74, 6) is 1.46. The monoisotopic (exact) mass is 282 g/mol. The molecular weight excluding hydrogens is 256 g/mol. The van der Waals surface area contributed by atoms with E-state index in [1.54, 1.807) is 0 Å². The largest absolute Gasteiger partial charge is 0.367 e. The topological polar surface area (TPSA) is 77.4 Å². The van der Waals surface area contributed by atoms with Gasteiger partial charge in [0.25, 0.3) is 0 Å². The van der Waals surface area contributed by atoms with Crippen LogP contribution < -0.4 is 5.73 Å². The van der Waals surface area contributed by atoms with Crippen LogP contribution >= 0.6 is 0 Å². The van der Waals surface area contributed by atoms with Crippen molar-refractivity contribution in [2.24, 2.45) is 5.73 Å². The van der Waals surface area contributed by atoms with Crippen molar-refractivity contribution >= 4 is 0 Å². The van der Waals surface area contributed by atoms with Gasteiger partial charge in [0.15, 0.2) is 0 Å². The van der Waals surface area contributed by atoms with E-state index in [4.69, 9.17) is 15.0 Å². The van der Waals surface area contributed by atoms with E-state index in [0.29, 0.717) is 30.9 Å². The van der Waals surface area contributed by atoms with Gasteiger partial charge in [0.2, 0.25) is 11.7 Å². The minimum Gasteiger partial charge on any atom is -0.367 e. The van der Waals surface area contributed by atoms with Crippen LogP contribution in [0, 0.1) is 0 Å². The Morgan fingerprint density at radius 3 is 2.90 bits per heavy atom. The first-order valence-corrected chi connectivity index (χ1v) is 7.54. The summed E-state index contributed by atoms with van der Waals surface area (Å²) in [6.07, 6.45) is 1.94. The zero-order chi connectivity index (χ0) is 14.5. The van der Waals surface area contributed by atoms with E-state index in [0.717, 1.165) is 25.9 Å². The highest BCUT2D eigenvalue weighted by Crippen LogP contribution is 2.24. The fraction of sp³-hybridized carbons (Fsp3) is 0.857. The van der Waals surface area contributed by atoms with Crippen molar-refractivity contribution in [1.29, 1.82) is 0 Å². The minimum atomic E-state index is -0.0938. The van der Waals surface area contributed by atoms with Crippen LogP contribution in [0.2, 0.25) is 0 Å². The highest BCUT2D eigenvalue weighted by atomic mass is 16.5. The van der Waals surface area contributed by atoms with Gasteiger partial charge in [-0.1, -0.05) is 18.5 Å². The molecule has 0 aromatic carbocycles. The molecule has 0 amide bonds. The second-order valence-electron chi connectivity index (χ2n) is 5.66. The van der Waals surface area contributed by atoms with Crippen LogP contribution in [0.5, 0.6) is 0 Å². The van der Waals surface area contributed by atoms with Crippen molar-refractivity contribution in [2.45, 2.75) is 51.7 Å². The lowest BCUT2D eigenvalue weighted by atomic mass is 10.0. The molecule has 1 aromatic heterocycles. The van der Waals surface area contributed by atoms with Crippen LogP contribution in [0.1, 0.15) is 57.3 Å². The Morgan fingerprint density at radius 2 is 2.25 bits per heavy atom. The van der Waals surface area contributed by atoms with Crippen LogP contribution in [0.15, 0.2) is 4.52 Å². The molecule has 2 rings (SSSR count). The van der Waals surface area contributed by atoms with Gasteiger partial charge in [-0.05, 0) is 20.3 Å². The van der Waals surface area contributed by atoms with Crippen molar-refractivity contribution in [2.75, 3.05) is 26.2 Å². The van der Waals surface area contributed by atoms with Gasteiger partial charge >= 0.3 is 0 Å². The number of nitrogens with two attached hydrogens (primary N) is 1. The van der Waals surface area contributed by atoms with E-state index in [1.165, 1.54) is 0 Å². The number of aromatic nitrogens is 2. The molecule has 1 fully saturated rings. The van der Waals surface area contributed by atoms with Crippen molar-refractivity contribution in [3.8, 4) is 0 Å². The normalized spacial score (nSPS) is 22.4. The van der Waals surface area contributed by atoms with Gasteiger partial charge in [0.05, 0.1) is 12.5 Å². The fourth-order valence-corrected chi connectivity index (χ4v) is 2.53. The van der Waals surface area contributed by atoms with E-state index in [-0.39, 0.29) is 12.0 Å². The smallest absolute Gasteiger partial charge is 0.231 e. The summed E-state index contributed by atoms with van der Waals surface area (Å²) in [7, 11) is 0. The molecule has 6 nitrogen and oxygen atoms in total. The average molecular weight is 282 g/mol. The number of morpholine rings is 1. The molecule has 20 heavy (non-hydrogen) atoms. The van der Waals surface area contributed by atoms with Gasteiger partial charge in [-0.2, -0.15) is 4.98 Å². The second-order valence-corrected chi connectivity index (χ2v) is 5.66. The van der Waals surface area contributed by atoms with Crippen LogP contribution in [0.25, 0.3) is 0 Å². The summed E-state index contributed by atoms with van der Waals surface area (Å²) in [5.41, 5.74) is 5.77. The van der Waals surface area contributed by atoms with E-state index in [1.807, 2.05) is 0 Å². The highest BCUT2D eigenvalue weighted by Gasteiger charge is 2.28. The third kappa shape index (κ3) is 3.56. The third-order valence-electron chi connectivity index (χ3n) is 3.84. The molecule has 6 heteroatoms. The standard InChI is InChI=1S/C14H26N4O2/c1-4-5-11(8-15)14-16-13(17-20-14)12-9-18(10(2)3)6-7-19-12/h10-12H,4-9,15H2,1-3H3. The van der Waals surface area contributed by atoms with Gasteiger partial charge in [-0.25, -0.2) is 0 Å². The first-order valence-electron chi connectivity index (χ1n) is 7.54. The van der Waals surface area contributed by atoms with Crippen LogP contribution in [0.4, 0.5) is 0 Å². The maximum Gasteiger partial charge on any atom is 0.231 e. The third-order valence-corrected chi connectivity index (χ3v) is 3.84. The summed E-state index contributed by atoms with van der Waals surface area (Å²) in [6.45, 7) is 9.54. The fourth-order valence-electron chi connectivity index (χ4n) is 2.53. The molecule has 2 N–H and O–H groups in total. The average Bonchev–Trinajstić information content (AvgIpc) is 2.94. The first-order chi connectivity index (χ1) is 9.65. The predicted octanol–water partition coefficient (Wildman–Crippen LogP) is 1.69. The molecule has 1 saturated heterocycles. The molecule has 0 aliphatic carbocycles. The summed E-state index contributed by atoms with van der Waals surface area (Å²) in [4.78, 5) is 6.88. The molecule has 1 aromatic rings. The summed E-state index contributed by atoms with van der Waals surface area (Å²) in [5, 5.41) is 4.09. The molecule has 0 bridgehead atoms. The molecule has 114 valence electrons. The van der Waals surface area contributed by atoms with Crippen LogP contribution in [0.3, 0.4) is 0 Å². The quantitative estimate of drug-likeness (QED) is 0.855. The number of ether oxygens (including phenoxy) is 1.